The van der Waals surface area contributed by atoms with E-state index in [9.17, 15) is 9.59 Å². The molecular formula is C21H20N4O2. The number of nitrogens with zero attached hydrogens (tertiary/aromatic N) is 1. The summed E-state index contributed by atoms with van der Waals surface area (Å²) in [5, 5.41) is 8.75. The number of aryl methyl sites for hydroxylation is 1. The zero-order chi connectivity index (χ0) is 19.2. The van der Waals surface area contributed by atoms with Crippen molar-refractivity contribution in [1.29, 1.82) is 0 Å². The topological polar surface area (TPSA) is 83.1 Å². The van der Waals surface area contributed by atoms with Gasteiger partial charge in [0.25, 0.3) is 5.91 Å². The Balaban J connectivity index is 1.73. The van der Waals surface area contributed by atoms with Crippen LogP contribution in [0.3, 0.4) is 0 Å². The van der Waals surface area contributed by atoms with Crippen LogP contribution < -0.4 is 16.0 Å². The van der Waals surface area contributed by atoms with E-state index in [0.717, 1.165) is 16.9 Å². The van der Waals surface area contributed by atoms with E-state index in [2.05, 4.69) is 20.9 Å². The van der Waals surface area contributed by atoms with Crippen LogP contribution in [0.5, 0.6) is 0 Å². The van der Waals surface area contributed by atoms with Gasteiger partial charge in [-0.25, -0.2) is 4.98 Å². The molecule has 0 unspecified atom stereocenters. The summed E-state index contributed by atoms with van der Waals surface area (Å²) in [7, 11) is 0. The molecule has 0 aliphatic carbocycles. The SMILES string of the molecule is CC(=O)Nc1cccc(Nc2cc(C(=O)Nc3cccc(C)c3)ccn2)c1. The summed E-state index contributed by atoms with van der Waals surface area (Å²) in [5.74, 6) is 0.185. The molecule has 0 saturated heterocycles. The van der Waals surface area contributed by atoms with Gasteiger partial charge in [0.2, 0.25) is 5.91 Å². The number of carbonyl (C=O) groups is 2. The van der Waals surface area contributed by atoms with E-state index in [0.29, 0.717) is 17.1 Å². The van der Waals surface area contributed by atoms with Gasteiger partial charge in [-0.15, -0.1) is 0 Å². The van der Waals surface area contributed by atoms with Crippen LogP contribution in [0.2, 0.25) is 0 Å². The van der Waals surface area contributed by atoms with E-state index in [1.165, 1.54) is 6.92 Å². The van der Waals surface area contributed by atoms with Gasteiger partial charge in [0.1, 0.15) is 5.82 Å². The molecule has 0 aliphatic heterocycles. The molecule has 2 aromatic carbocycles. The molecule has 3 N–H and O–H groups in total. The molecule has 6 nitrogen and oxygen atoms in total. The molecule has 27 heavy (non-hydrogen) atoms. The third-order valence-electron chi connectivity index (χ3n) is 3.75. The van der Waals surface area contributed by atoms with Gasteiger partial charge < -0.3 is 16.0 Å². The lowest BCUT2D eigenvalue weighted by atomic mass is 10.2. The van der Waals surface area contributed by atoms with Gasteiger partial charge in [-0.1, -0.05) is 18.2 Å². The number of hydrogen-bond acceptors (Lipinski definition) is 4. The predicted molar refractivity (Wildman–Crippen MR) is 107 cm³/mol. The fraction of sp³-hybridized carbons (Fsp3) is 0.0952. The van der Waals surface area contributed by atoms with Gasteiger partial charge in [0.15, 0.2) is 0 Å². The van der Waals surface area contributed by atoms with Crippen LogP contribution in [0.1, 0.15) is 22.8 Å². The second-order valence-corrected chi connectivity index (χ2v) is 6.14. The fourth-order valence-electron chi connectivity index (χ4n) is 2.59. The normalized spacial score (nSPS) is 10.1. The van der Waals surface area contributed by atoms with Crippen LogP contribution in [-0.4, -0.2) is 16.8 Å². The third-order valence-corrected chi connectivity index (χ3v) is 3.75. The summed E-state index contributed by atoms with van der Waals surface area (Å²) >= 11 is 0. The van der Waals surface area contributed by atoms with Gasteiger partial charge in [0, 0.05) is 35.7 Å². The number of aromatic nitrogens is 1. The lowest BCUT2D eigenvalue weighted by Crippen LogP contribution is -2.12. The van der Waals surface area contributed by atoms with Crippen molar-refractivity contribution in [2.45, 2.75) is 13.8 Å². The molecule has 3 aromatic rings. The van der Waals surface area contributed by atoms with Crippen LogP contribution in [0.4, 0.5) is 22.9 Å². The van der Waals surface area contributed by atoms with E-state index in [-0.39, 0.29) is 11.8 Å². The largest absolute Gasteiger partial charge is 0.340 e. The highest BCUT2D eigenvalue weighted by molar-refractivity contribution is 6.04. The van der Waals surface area contributed by atoms with E-state index < -0.39 is 0 Å². The van der Waals surface area contributed by atoms with Crippen LogP contribution in [0.15, 0.2) is 66.9 Å². The first-order valence-electron chi connectivity index (χ1n) is 8.48. The van der Waals surface area contributed by atoms with E-state index in [1.807, 2.05) is 43.3 Å². The minimum atomic E-state index is -0.210. The Bertz CT molecular complexity index is 985. The van der Waals surface area contributed by atoms with Crippen LogP contribution in [-0.2, 0) is 4.79 Å². The summed E-state index contributed by atoms with van der Waals surface area (Å²) in [6, 6.07) is 18.2. The zero-order valence-corrected chi connectivity index (χ0v) is 15.1. The number of amides is 2. The van der Waals surface area contributed by atoms with Gasteiger partial charge in [-0.3, -0.25) is 9.59 Å². The molecular weight excluding hydrogens is 340 g/mol. The Hall–Kier alpha value is -3.67. The average Bonchev–Trinajstić information content (AvgIpc) is 2.62. The second kappa shape index (κ2) is 8.14. The smallest absolute Gasteiger partial charge is 0.255 e. The molecule has 0 bridgehead atoms. The maximum absolute atomic E-state index is 12.5. The number of hydrogen-bond donors (Lipinski definition) is 3. The quantitative estimate of drug-likeness (QED) is 0.632. The molecule has 1 heterocycles. The van der Waals surface area contributed by atoms with Crippen molar-refractivity contribution in [1.82, 2.24) is 4.98 Å². The van der Waals surface area contributed by atoms with Gasteiger partial charge >= 0.3 is 0 Å². The summed E-state index contributed by atoms with van der Waals surface area (Å²) in [6.07, 6.45) is 1.57. The molecule has 3 rings (SSSR count). The molecule has 0 saturated carbocycles. The summed E-state index contributed by atoms with van der Waals surface area (Å²) in [4.78, 5) is 27.9. The summed E-state index contributed by atoms with van der Waals surface area (Å²) in [6.45, 7) is 3.43. The first kappa shape index (κ1) is 18.1. The minimum absolute atomic E-state index is 0.139. The van der Waals surface area contributed by atoms with Crippen molar-refractivity contribution in [2.24, 2.45) is 0 Å². The zero-order valence-electron chi connectivity index (χ0n) is 15.1. The number of rotatable bonds is 5. The minimum Gasteiger partial charge on any atom is -0.340 e. The third kappa shape index (κ3) is 5.15. The summed E-state index contributed by atoms with van der Waals surface area (Å²) < 4.78 is 0. The Morgan fingerprint density at radius 2 is 1.56 bits per heavy atom. The second-order valence-electron chi connectivity index (χ2n) is 6.14. The molecule has 0 radical (unpaired) electrons. The maximum atomic E-state index is 12.5. The van der Waals surface area contributed by atoms with Gasteiger partial charge in [-0.2, -0.15) is 0 Å². The predicted octanol–water partition coefficient (Wildman–Crippen LogP) is 4.34. The maximum Gasteiger partial charge on any atom is 0.255 e. The van der Waals surface area contributed by atoms with E-state index in [1.54, 1.807) is 30.5 Å². The van der Waals surface area contributed by atoms with Crippen LogP contribution >= 0.6 is 0 Å². The monoisotopic (exact) mass is 360 g/mol. The number of pyridine rings is 1. The average molecular weight is 360 g/mol. The first-order valence-corrected chi connectivity index (χ1v) is 8.48. The molecule has 0 atom stereocenters. The Kier molecular flexibility index (Phi) is 5.47. The van der Waals surface area contributed by atoms with Crippen molar-refractivity contribution in [3.05, 3.63) is 78.0 Å². The highest BCUT2D eigenvalue weighted by atomic mass is 16.2. The van der Waals surface area contributed by atoms with Gasteiger partial charge in [0.05, 0.1) is 0 Å². The van der Waals surface area contributed by atoms with Crippen molar-refractivity contribution < 1.29 is 9.59 Å². The first-order chi connectivity index (χ1) is 13.0. The van der Waals surface area contributed by atoms with Crippen molar-refractivity contribution >= 4 is 34.7 Å². The molecule has 2 amide bonds. The number of anilines is 4. The van der Waals surface area contributed by atoms with Crippen LogP contribution in [0.25, 0.3) is 0 Å². The van der Waals surface area contributed by atoms with Crippen molar-refractivity contribution in [3.63, 3.8) is 0 Å². The van der Waals surface area contributed by atoms with Crippen molar-refractivity contribution in [3.8, 4) is 0 Å². The molecule has 6 heteroatoms. The highest BCUT2D eigenvalue weighted by Gasteiger charge is 2.08. The Morgan fingerprint density at radius 3 is 2.30 bits per heavy atom. The van der Waals surface area contributed by atoms with Crippen molar-refractivity contribution in [2.75, 3.05) is 16.0 Å². The fourth-order valence-corrected chi connectivity index (χ4v) is 2.59. The molecule has 136 valence electrons. The van der Waals surface area contributed by atoms with E-state index in [4.69, 9.17) is 0 Å². The highest BCUT2D eigenvalue weighted by Crippen LogP contribution is 2.20. The lowest BCUT2D eigenvalue weighted by molar-refractivity contribution is -0.114. The molecule has 0 spiro atoms. The lowest BCUT2D eigenvalue weighted by Gasteiger charge is -2.10. The van der Waals surface area contributed by atoms with Gasteiger partial charge in [-0.05, 0) is 55.0 Å². The number of carbonyl (C=O) groups excluding carboxylic acids is 2. The standard InChI is InChI=1S/C21H20N4O2/c1-14-5-3-6-17(11-14)25-21(27)16-9-10-22-20(12-16)24-19-8-4-7-18(13-19)23-15(2)26/h3-13H,1-2H3,(H,22,24)(H,23,26)(H,25,27). The summed E-state index contributed by atoms with van der Waals surface area (Å²) in [5.41, 5.74) is 3.75. The Morgan fingerprint density at radius 1 is 0.852 bits per heavy atom. The molecule has 0 fully saturated rings. The number of benzene rings is 2. The van der Waals surface area contributed by atoms with Crippen LogP contribution in [0, 0.1) is 6.92 Å². The number of nitrogens with one attached hydrogen (secondary N) is 3. The molecule has 0 aliphatic rings. The van der Waals surface area contributed by atoms with E-state index >= 15 is 0 Å². The Labute approximate surface area is 157 Å². The molecule has 1 aromatic heterocycles.